The third-order valence-electron chi connectivity index (χ3n) is 3.26. The predicted octanol–water partition coefficient (Wildman–Crippen LogP) is 1.47. The van der Waals surface area contributed by atoms with Gasteiger partial charge < -0.3 is 15.2 Å². The van der Waals surface area contributed by atoms with Crippen LogP contribution >= 0.6 is 0 Å². The molecule has 21 heavy (non-hydrogen) atoms. The Morgan fingerprint density at radius 2 is 2.05 bits per heavy atom. The fourth-order valence-corrected chi connectivity index (χ4v) is 2.12. The Bertz CT molecular complexity index is 600. The number of nitrogens with one attached hydrogen (secondary N) is 1. The Hall–Kier alpha value is -2.48. The zero-order valence-electron chi connectivity index (χ0n) is 11.2. The second-order valence-corrected chi connectivity index (χ2v) is 4.78. The highest BCUT2D eigenvalue weighted by molar-refractivity contribution is 5.95. The maximum Gasteiger partial charge on any atom is 0.332 e. The zero-order chi connectivity index (χ0) is 15.6. The van der Waals surface area contributed by atoms with E-state index >= 15 is 0 Å². The molecule has 0 aliphatic carbocycles. The molecule has 2 rings (SSSR count). The summed E-state index contributed by atoms with van der Waals surface area (Å²) in [5, 5.41) is 22.1. The highest BCUT2D eigenvalue weighted by Gasteiger charge is 2.34. The summed E-state index contributed by atoms with van der Waals surface area (Å²) in [6.45, 7) is 1.60. The Morgan fingerprint density at radius 3 is 2.62 bits per heavy atom. The van der Waals surface area contributed by atoms with Crippen LogP contribution in [0.2, 0.25) is 0 Å². The summed E-state index contributed by atoms with van der Waals surface area (Å²) in [5.41, 5.74) is 0.671. The van der Waals surface area contributed by atoms with E-state index in [9.17, 15) is 19.7 Å². The first kappa shape index (κ1) is 14.9. The summed E-state index contributed by atoms with van der Waals surface area (Å²) in [5.74, 6) is -1.60. The van der Waals surface area contributed by atoms with Gasteiger partial charge in [-0.25, -0.2) is 4.79 Å². The maximum absolute atomic E-state index is 12.0. The van der Waals surface area contributed by atoms with Crippen molar-refractivity contribution in [3.8, 4) is 0 Å². The lowest BCUT2D eigenvalue weighted by atomic mass is 10.1. The van der Waals surface area contributed by atoms with Crippen molar-refractivity contribution in [2.75, 3.05) is 5.32 Å². The average molecular weight is 294 g/mol. The van der Waals surface area contributed by atoms with Gasteiger partial charge in [0.05, 0.1) is 4.92 Å². The van der Waals surface area contributed by atoms with Crippen molar-refractivity contribution in [2.45, 2.75) is 32.0 Å². The lowest BCUT2D eigenvalue weighted by Gasteiger charge is -2.12. The highest BCUT2D eigenvalue weighted by Crippen LogP contribution is 2.24. The number of aryl methyl sites for hydroxylation is 1. The van der Waals surface area contributed by atoms with E-state index in [0.717, 1.165) is 0 Å². The minimum Gasteiger partial charge on any atom is -0.479 e. The topological polar surface area (TPSA) is 119 Å². The van der Waals surface area contributed by atoms with Crippen LogP contribution in [0.5, 0.6) is 0 Å². The minimum atomic E-state index is -1.10. The van der Waals surface area contributed by atoms with Gasteiger partial charge in [-0.05, 0) is 25.8 Å². The fourth-order valence-electron chi connectivity index (χ4n) is 2.12. The monoisotopic (exact) mass is 294 g/mol. The van der Waals surface area contributed by atoms with Crippen LogP contribution in [0.3, 0.4) is 0 Å². The maximum atomic E-state index is 12.0. The number of amides is 1. The molecule has 1 aromatic carbocycles. The van der Waals surface area contributed by atoms with Crippen LogP contribution in [0.4, 0.5) is 11.4 Å². The van der Waals surface area contributed by atoms with Crippen molar-refractivity contribution in [1.29, 1.82) is 0 Å². The van der Waals surface area contributed by atoms with Gasteiger partial charge in [-0.1, -0.05) is 6.07 Å². The van der Waals surface area contributed by atoms with Crippen molar-refractivity contribution in [3.05, 3.63) is 33.9 Å². The van der Waals surface area contributed by atoms with Gasteiger partial charge in [0.2, 0.25) is 0 Å². The van der Waals surface area contributed by atoms with E-state index in [0.29, 0.717) is 12.0 Å². The first-order valence-electron chi connectivity index (χ1n) is 6.32. The fraction of sp³-hybridized carbons (Fsp3) is 0.385. The number of aliphatic carboxylic acids is 1. The minimum absolute atomic E-state index is 0.0939. The Balaban J connectivity index is 2.05. The third kappa shape index (κ3) is 3.34. The SMILES string of the molecule is Cc1ccc(NC(=O)C2CCC(C(=O)O)O2)cc1[N+](=O)[O-]. The summed E-state index contributed by atoms with van der Waals surface area (Å²) in [6.07, 6.45) is -1.27. The summed E-state index contributed by atoms with van der Waals surface area (Å²) in [4.78, 5) is 33.0. The van der Waals surface area contributed by atoms with Crippen molar-refractivity contribution < 1.29 is 24.4 Å². The number of nitrogens with zero attached hydrogens (tertiary/aromatic N) is 1. The molecule has 2 atom stereocenters. The van der Waals surface area contributed by atoms with Gasteiger partial charge in [0.25, 0.3) is 11.6 Å². The average Bonchev–Trinajstić information content (AvgIpc) is 2.90. The van der Waals surface area contributed by atoms with E-state index in [1.54, 1.807) is 13.0 Å². The molecule has 1 fully saturated rings. The molecule has 0 spiro atoms. The Kier molecular flexibility index (Phi) is 4.18. The summed E-state index contributed by atoms with van der Waals surface area (Å²) >= 11 is 0. The molecule has 0 radical (unpaired) electrons. The molecule has 1 aromatic rings. The van der Waals surface area contributed by atoms with Crippen molar-refractivity contribution in [2.24, 2.45) is 0 Å². The lowest BCUT2D eigenvalue weighted by molar-refractivity contribution is -0.385. The molecule has 8 nitrogen and oxygen atoms in total. The molecule has 2 N–H and O–H groups in total. The number of hydrogen-bond acceptors (Lipinski definition) is 5. The van der Waals surface area contributed by atoms with E-state index in [1.807, 2.05) is 0 Å². The quantitative estimate of drug-likeness (QED) is 0.641. The van der Waals surface area contributed by atoms with Crippen LogP contribution in [-0.4, -0.2) is 34.1 Å². The van der Waals surface area contributed by atoms with Crippen LogP contribution in [0, 0.1) is 17.0 Å². The number of carbonyl (C=O) groups excluding carboxylic acids is 1. The van der Waals surface area contributed by atoms with Crippen LogP contribution in [-0.2, 0) is 14.3 Å². The second-order valence-electron chi connectivity index (χ2n) is 4.78. The van der Waals surface area contributed by atoms with E-state index in [4.69, 9.17) is 9.84 Å². The standard InChI is InChI=1S/C13H14N2O6/c1-7-2-3-8(6-9(7)15(19)20)14-12(16)10-4-5-11(21-10)13(17)18/h2-3,6,10-11H,4-5H2,1H3,(H,14,16)(H,17,18). The summed E-state index contributed by atoms with van der Waals surface area (Å²) in [6, 6.07) is 4.34. The molecule has 1 aliphatic heterocycles. The van der Waals surface area contributed by atoms with Crippen LogP contribution in [0.25, 0.3) is 0 Å². The van der Waals surface area contributed by atoms with Crippen LogP contribution < -0.4 is 5.32 Å². The summed E-state index contributed by atoms with van der Waals surface area (Å²) in [7, 11) is 0. The molecule has 1 amide bonds. The van der Waals surface area contributed by atoms with Crippen LogP contribution in [0.1, 0.15) is 18.4 Å². The zero-order valence-corrected chi connectivity index (χ0v) is 11.2. The normalized spacial score (nSPS) is 21.0. The molecule has 2 unspecified atom stereocenters. The second kappa shape index (κ2) is 5.88. The molecular formula is C13H14N2O6. The highest BCUT2D eigenvalue weighted by atomic mass is 16.6. The summed E-state index contributed by atoms with van der Waals surface area (Å²) < 4.78 is 5.11. The number of anilines is 1. The number of carboxylic acid groups (broad SMARTS) is 1. The molecule has 1 aliphatic rings. The van der Waals surface area contributed by atoms with Gasteiger partial charge in [-0.2, -0.15) is 0 Å². The van der Waals surface area contributed by atoms with Gasteiger partial charge in [-0.3, -0.25) is 14.9 Å². The smallest absolute Gasteiger partial charge is 0.332 e. The van der Waals surface area contributed by atoms with Crippen molar-refractivity contribution in [1.82, 2.24) is 0 Å². The van der Waals surface area contributed by atoms with Crippen LogP contribution in [0.15, 0.2) is 18.2 Å². The molecule has 112 valence electrons. The van der Waals surface area contributed by atoms with Crippen molar-refractivity contribution in [3.63, 3.8) is 0 Å². The number of carboxylic acids is 1. The first-order valence-corrected chi connectivity index (χ1v) is 6.32. The van der Waals surface area contributed by atoms with E-state index in [-0.39, 0.29) is 17.8 Å². The number of carbonyl (C=O) groups is 2. The Labute approximate surface area is 119 Å². The number of benzene rings is 1. The van der Waals surface area contributed by atoms with E-state index < -0.39 is 29.0 Å². The van der Waals surface area contributed by atoms with Gasteiger partial charge in [0.1, 0.15) is 6.10 Å². The molecule has 8 heteroatoms. The third-order valence-corrected chi connectivity index (χ3v) is 3.26. The predicted molar refractivity (Wildman–Crippen MR) is 72.0 cm³/mol. The number of rotatable bonds is 4. The lowest BCUT2D eigenvalue weighted by Crippen LogP contribution is -2.29. The molecule has 1 saturated heterocycles. The molecule has 0 saturated carbocycles. The van der Waals surface area contributed by atoms with Gasteiger partial charge >= 0.3 is 5.97 Å². The van der Waals surface area contributed by atoms with Gasteiger partial charge in [0, 0.05) is 17.3 Å². The van der Waals surface area contributed by atoms with Gasteiger partial charge in [-0.15, -0.1) is 0 Å². The number of ether oxygens (including phenoxy) is 1. The van der Waals surface area contributed by atoms with Gasteiger partial charge in [0.15, 0.2) is 6.10 Å². The first-order chi connectivity index (χ1) is 9.88. The molecule has 0 bridgehead atoms. The Morgan fingerprint density at radius 1 is 1.38 bits per heavy atom. The van der Waals surface area contributed by atoms with E-state index in [1.165, 1.54) is 12.1 Å². The molecule has 0 aromatic heterocycles. The molecular weight excluding hydrogens is 280 g/mol. The largest absolute Gasteiger partial charge is 0.479 e. The number of hydrogen-bond donors (Lipinski definition) is 2. The number of nitro groups is 1. The molecule has 1 heterocycles. The number of nitro benzene ring substituents is 1. The van der Waals surface area contributed by atoms with E-state index in [2.05, 4.69) is 5.32 Å². The van der Waals surface area contributed by atoms with Crippen molar-refractivity contribution >= 4 is 23.3 Å².